The molecule has 3 heterocycles. The number of imidazole rings is 1. The molecular weight excluding hydrogens is 246 g/mol. The summed E-state index contributed by atoms with van der Waals surface area (Å²) in [5.74, 6) is 0.180. The highest BCUT2D eigenvalue weighted by atomic mass is 32.1. The third kappa shape index (κ3) is 1.97. The van der Waals surface area contributed by atoms with Crippen molar-refractivity contribution in [2.75, 3.05) is 0 Å². The van der Waals surface area contributed by atoms with Gasteiger partial charge in [-0.15, -0.1) is 11.3 Å². The second-order valence-electron chi connectivity index (χ2n) is 4.17. The van der Waals surface area contributed by atoms with Crippen molar-refractivity contribution in [3.05, 3.63) is 47.5 Å². The minimum atomic E-state index is 0.180. The number of ketones is 1. The normalized spacial score (nSPS) is 11.2. The summed E-state index contributed by atoms with van der Waals surface area (Å²) in [6, 6.07) is 1.87. The number of carbonyl (C=O) groups is 1. The van der Waals surface area contributed by atoms with Gasteiger partial charge in [0, 0.05) is 42.2 Å². The molecule has 0 amide bonds. The first kappa shape index (κ1) is 11.2. The van der Waals surface area contributed by atoms with Gasteiger partial charge >= 0.3 is 0 Å². The minimum absolute atomic E-state index is 0.180. The molecular formula is C13H13N3OS. The lowest BCUT2D eigenvalue weighted by atomic mass is 10.2. The molecule has 3 rings (SSSR count). The van der Waals surface area contributed by atoms with Crippen LogP contribution in [0.3, 0.4) is 0 Å². The first-order chi connectivity index (χ1) is 8.76. The highest BCUT2D eigenvalue weighted by Gasteiger charge is 2.07. The van der Waals surface area contributed by atoms with E-state index >= 15 is 0 Å². The minimum Gasteiger partial charge on any atom is -0.348 e. The maximum absolute atomic E-state index is 11.5. The van der Waals surface area contributed by atoms with Gasteiger partial charge in [-0.05, 0) is 6.07 Å². The molecule has 0 spiro atoms. The molecule has 0 saturated heterocycles. The number of nitrogens with zero attached hydrogens (tertiary/aromatic N) is 3. The zero-order valence-corrected chi connectivity index (χ0v) is 10.9. The largest absolute Gasteiger partial charge is 0.348 e. The fourth-order valence-corrected chi connectivity index (χ4v) is 2.67. The zero-order chi connectivity index (χ0) is 12.5. The van der Waals surface area contributed by atoms with Crippen molar-refractivity contribution in [1.29, 1.82) is 0 Å². The van der Waals surface area contributed by atoms with E-state index in [-0.39, 0.29) is 5.78 Å². The molecule has 0 fully saturated rings. The lowest BCUT2D eigenvalue weighted by Gasteiger charge is -1.98. The number of Topliss-reactive ketones (excluding diaryl/α,β-unsaturated/α-hetero) is 1. The van der Waals surface area contributed by atoms with E-state index in [0.717, 1.165) is 16.2 Å². The van der Waals surface area contributed by atoms with Crippen molar-refractivity contribution >= 4 is 22.1 Å². The lowest BCUT2D eigenvalue weighted by Crippen LogP contribution is -1.98. The van der Waals surface area contributed by atoms with Crippen molar-refractivity contribution < 1.29 is 4.79 Å². The van der Waals surface area contributed by atoms with Crippen LogP contribution in [0, 0.1) is 0 Å². The van der Waals surface area contributed by atoms with Gasteiger partial charge in [-0.1, -0.05) is 6.92 Å². The average molecular weight is 259 g/mol. The SMILES string of the molecule is CCC(=O)c1ccn(Cc2cn3ccsc3n2)c1. The molecule has 3 aromatic heterocycles. The molecule has 0 atom stereocenters. The Bertz CT molecular complexity index is 663. The van der Waals surface area contributed by atoms with Gasteiger partial charge < -0.3 is 4.57 Å². The molecule has 0 N–H and O–H groups in total. The molecule has 4 nitrogen and oxygen atoms in total. The molecule has 0 aliphatic carbocycles. The Morgan fingerprint density at radius 2 is 2.28 bits per heavy atom. The van der Waals surface area contributed by atoms with Crippen LogP contribution in [0.25, 0.3) is 4.96 Å². The van der Waals surface area contributed by atoms with E-state index in [0.29, 0.717) is 13.0 Å². The molecule has 5 heteroatoms. The third-order valence-electron chi connectivity index (χ3n) is 2.88. The quantitative estimate of drug-likeness (QED) is 0.676. The predicted molar refractivity (Wildman–Crippen MR) is 71.2 cm³/mol. The fourth-order valence-electron chi connectivity index (χ4n) is 1.95. The van der Waals surface area contributed by atoms with Crippen LogP contribution in [0.2, 0.25) is 0 Å². The van der Waals surface area contributed by atoms with Gasteiger partial charge in [-0.25, -0.2) is 4.98 Å². The summed E-state index contributed by atoms with van der Waals surface area (Å²) < 4.78 is 4.01. The van der Waals surface area contributed by atoms with Crippen LogP contribution in [0.5, 0.6) is 0 Å². The van der Waals surface area contributed by atoms with Gasteiger partial charge in [-0.3, -0.25) is 9.20 Å². The van der Waals surface area contributed by atoms with Crippen molar-refractivity contribution in [3.63, 3.8) is 0 Å². The van der Waals surface area contributed by atoms with E-state index in [9.17, 15) is 4.79 Å². The van der Waals surface area contributed by atoms with E-state index in [1.807, 2.05) is 52.1 Å². The number of hydrogen-bond acceptors (Lipinski definition) is 3. The van der Waals surface area contributed by atoms with Crippen LogP contribution in [0.1, 0.15) is 29.4 Å². The van der Waals surface area contributed by atoms with Crippen molar-refractivity contribution in [1.82, 2.24) is 14.0 Å². The summed E-state index contributed by atoms with van der Waals surface area (Å²) in [7, 11) is 0. The molecule has 0 aromatic carbocycles. The Labute approximate surface area is 109 Å². The summed E-state index contributed by atoms with van der Waals surface area (Å²) in [5.41, 5.74) is 1.78. The van der Waals surface area contributed by atoms with Crippen molar-refractivity contribution in [2.45, 2.75) is 19.9 Å². The van der Waals surface area contributed by atoms with Gasteiger partial charge in [0.25, 0.3) is 0 Å². The highest BCUT2D eigenvalue weighted by molar-refractivity contribution is 7.15. The Morgan fingerprint density at radius 1 is 1.39 bits per heavy atom. The predicted octanol–water partition coefficient (Wildman–Crippen LogP) is 2.84. The van der Waals surface area contributed by atoms with E-state index in [1.54, 1.807) is 11.3 Å². The Balaban J connectivity index is 1.82. The molecule has 0 aliphatic rings. The van der Waals surface area contributed by atoms with E-state index in [1.165, 1.54) is 0 Å². The smallest absolute Gasteiger partial charge is 0.193 e. The molecule has 0 saturated carbocycles. The Kier molecular flexibility index (Phi) is 2.76. The van der Waals surface area contributed by atoms with E-state index in [2.05, 4.69) is 4.98 Å². The maximum atomic E-state index is 11.5. The monoisotopic (exact) mass is 259 g/mol. The molecule has 92 valence electrons. The molecule has 18 heavy (non-hydrogen) atoms. The summed E-state index contributed by atoms with van der Waals surface area (Å²) in [5, 5.41) is 2.01. The Morgan fingerprint density at radius 3 is 3.06 bits per heavy atom. The number of aromatic nitrogens is 3. The third-order valence-corrected chi connectivity index (χ3v) is 3.65. The van der Waals surface area contributed by atoms with Crippen LogP contribution >= 0.6 is 11.3 Å². The Hall–Kier alpha value is -1.88. The van der Waals surface area contributed by atoms with Crippen LogP contribution in [-0.4, -0.2) is 19.7 Å². The standard InChI is InChI=1S/C13H13N3OS/c1-2-12(17)10-3-4-15(7-10)8-11-9-16-5-6-18-13(16)14-11/h3-7,9H,2,8H2,1H3. The van der Waals surface area contributed by atoms with Crippen LogP contribution in [0.15, 0.2) is 36.2 Å². The number of rotatable bonds is 4. The summed E-state index contributed by atoms with van der Waals surface area (Å²) >= 11 is 1.62. The maximum Gasteiger partial charge on any atom is 0.193 e. The topological polar surface area (TPSA) is 39.3 Å². The number of carbonyl (C=O) groups excluding carboxylic acids is 1. The van der Waals surface area contributed by atoms with Crippen molar-refractivity contribution in [2.24, 2.45) is 0 Å². The summed E-state index contributed by atoms with van der Waals surface area (Å²) in [6.07, 6.45) is 8.38. The molecule has 0 bridgehead atoms. The van der Waals surface area contributed by atoms with Crippen molar-refractivity contribution in [3.8, 4) is 0 Å². The molecule has 0 unspecified atom stereocenters. The molecule has 0 radical (unpaired) electrons. The fraction of sp³-hybridized carbons (Fsp3) is 0.231. The number of hydrogen-bond donors (Lipinski definition) is 0. The second-order valence-corrected chi connectivity index (χ2v) is 5.05. The van der Waals surface area contributed by atoms with Crippen LogP contribution < -0.4 is 0 Å². The van der Waals surface area contributed by atoms with Gasteiger partial charge in [0.2, 0.25) is 0 Å². The zero-order valence-electron chi connectivity index (χ0n) is 10.0. The second kappa shape index (κ2) is 4.42. The van der Waals surface area contributed by atoms with Gasteiger partial charge in [0.1, 0.15) is 0 Å². The van der Waals surface area contributed by atoms with Gasteiger partial charge in [0.05, 0.1) is 12.2 Å². The van der Waals surface area contributed by atoms with Crippen LogP contribution in [-0.2, 0) is 6.54 Å². The number of thiazole rings is 1. The van der Waals surface area contributed by atoms with E-state index < -0.39 is 0 Å². The van der Waals surface area contributed by atoms with E-state index in [4.69, 9.17) is 0 Å². The highest BCUT2D eigenvalue weighted by Crippen LogP contribution is 2.13. The van der Waals surface area contributed by atoms with Crippen LogP contribution in [0.4, 0.5) is 0 Å². The molecule has 3 aromatic rings. The lowest BCUT2D eigenvalue weighted by molar-refractivity contribution is 0.0988. The number of fused-ring (bicyclic) bond motifs is 1. The first-order valence-corrected chi connectivity index (χ1v) is 6.74. The molecule has 0 aliphatic heterocycles. The average Bonchev–Trinajstić information content (AvgIpc) is 3.03. The summed E-state index contributed by atoms with van der Waals surface area (Å²) in [6.45, 7) is 2.58. The first-order valence-electron chi connectivity index (χ1n) is 5.86. The van der Waals surface area contributed by atoms with Gasteiger partial charge in [0.15, 0.2) is 10.7 Å². The summed E-state index contributed by atoms with van der Waals surface area (Å²) in [4.78, 5) is 17.1. The van der Waals surface area contributed by atoms with Gasteiger partial charge in [-0.2, -0.15) is 0 Å².